The number of nitrogens with one attached hydrogen (secondary N) is 1. The molecule has 0 aliphatic rings. The van der Waals surface area contributed by atoms with Crippen molar-refractivity contribution in [3.05, 3.63) is 10.7 Å². The fraction of sp³-hybridized carbons (Fsp3) is 0.333. The van der Waals surface area contributed by atoms with E-state index in [0.717, 1.165) is 0 Å². The van der Waals surface area contributed by atoms with Crippen molar-refractivity contribution < 1.29 is 14.6 Å². The largest absolute Gasteiger partial charge is 0.477 e. The molecule has 0 aliphatic carbocycles. The van der Waals surface area contributed by atoms with Gasteiger partial charge < -0.3 is 9.84 Å². The van der Waals surface area contributed by atoms with E-state index in [1.807, 2.05) is 0 Å². The van der Waals surface area contributed by atoms with Gasteiger partial charge in [0.1, 0.15) is 5.02 Å². The van der Waals surface area contributed by atoms with Gasteiger partial charge in [0.25, 0.3) is 0 Å². The lowest BCUT2D eigenvalue weighted by Gasteiger charge is -1.96. The summed E-state index contributed by atoms with van der Waals surface area (Å²) in [5.41, 5.74) is -0.222. The third-order valence-electron chi connectivity index (χ3n) is 1.17. The number of carbonyl (C=O) groups is 1. The van der Waals surface area contributed by atoms with Gasteiger partial charge in [-0.3, -0.25) is 0 Å². The van der Waals surface area contributed by atoms with Crippen LogP contribution in [-0.2, 0) is 0 Å². The summed E-state index contributed by atoms with van der Waals surface area (Å²) in [4.78, 5) is 10.4. The predicted octanol–water partition coefficient (Wildman–Crippen LogP) is 1.16. The highest BCUT2D eigenvalue weighted by Gasteiger charge is 2.17. The monoisotopic (exact) mass is 190 g/mol. The van der Waals surface area contributed by atoms with Gasteiger partial charge in [-0.2, -0.15) is 5.10 Å². The summed E-state index contributed by atoms with van der Waals surface area (Å²) in [6.07, 6.45) is 0. The molecule has 0 amide bonds. The number of carboxylic acids is 1. The lowest BCUT2D eigenvalue weighted by atomic mass is 10.4. The molecule has 0 saturated heterocycles. The Morgan fingerprint density at radius 1 is 1.83 bits per heavy atom. The lowest BCUT2D eigenvalue weighted by Crippen LogP contribution is -1.97. The van der Waals surface area contributed by atoms with Gasteiger partial charge in [-0.05, 0) is 6.92 Å². The van der Waals surface area contributed by atoms with E-state index in [2.05, 4.69) is 10.2 Å². The summed E-state index contributed by atoms with van der Waals surface area (Å²) < 4.78 is 4.95. The minimum atomic E-state index is -1.18. The zero-order chi connectivity index (χ0) is 9.14. The van der Waals surface area contributed by atoms with E-state index in [1.165, 1.54) is 0 Å². The molecule has 5 nitrogen and oxygen atoms in total. The van der Waals surface area contributed by atoms with Crippen LogP contribution >= 0.6 is 11.6 Å². The highest BCUT2D eigenvalue weighted by Crippen LogP contribution is 2.24. The van der Waals surface area contributed by atoms with Crippen molar-refractivity contribution in [2.75, 3.05) is 6.61 Å². The van der Waals surface area contributed by atoms with Crippen LogP contribution in [0.25, 0.3) is 0 Å². The quantitative estimate of drug-likeness (QED) is 0.750. The summed E-state index contributed by atoms with van der Waals surface area (Å²) >= 11 is 5.60. The first kappa shape index (κ1) is 8.86. The number of rotatable bonds is 3. The van der Waals surface area contributed by atoms with Gasteiger partial charge in [-0.25, -0.2) is 9.89 Å². The Morgan fingerprint density at radius 2 is 2.50 bits per heavy atom. The molecule has 0 unspecified atom stereocenters. The van der Waals surface area contributed by atoms with E-state index in [-0.39, 0.29) is 16.6 Å². The number of aromatic nitrogens is 2. The van der Waals surface area contributed by atoms with Crippen LogP contribution in [0.5, 0.6) is 5.88 Å². The first-order valence-corrected chi connectivity index (χ1v) is 3.64. The molecule has 0 saturated carbocycles. The molecule has 2 N–H and O–H groups in total. The molecule has 1 heterocycles. The van der Waals surface area contributed by atoms with Crippen LogP contribution in [0.15, 0.2) is 0 Å². The van der Waals surface area contributed by atoms with Crippen molar-refractivity contribution in [2.45, 2.75) is 6.92 Å². The highest BCUT2D eigenvalue weighted by molar-refractivity contribution is 6.34. The molecule has 1 aromatic heterocycles. The number of carboxylic acid groups (broad SMARTS) is 1. The van der Waals surface area contributed by atoms with Crippen molar-refractivity contribution in [3.63, 3.8) is 0 Å². The van der Waals surface area contributed by atoms with E-state index in [9.17, 15) is 4.79 Å². The zero-order valence-electron chi connectivity index (χ0n) is 6.30. The predicted molar refractivity (Wildman–Crippen MR) is 41.7 cm³/mol. The van der Waals surface area contributed by atoms with E-state index in [1.54, 1.807) is 6.92 Å². The van der Waals surface area contributed by atoms with Crippen LogP contribution in [0, 0.1) is 0 Å². The van der Waals surface area contributed by atoms with Gasteiger partial charge in [-0.1, -0.05) is 11.6 Å². The zero-order valence-corrected chi connectivity index (χ0v) is 7.05. The topological polar surface area (TPSA) is 75.2 Å². The highest BCUT2D eigenvalue weighted by atomic mass is 35.5. The van der Waals surface area contributed by atoms with Crippen molar-refractivity contribution in [1.82, 2.24) is 10.2 Å². The number of aromatic amines is 1. The molecule has 12 heavy (non-hydrogen) atoms. The van der Waals surface area contributed by atoms with Crippen molar-refractivity contribution in [3.8, 4) is 5.88 Å². The molecular weight excluding hydrogens is 184 g/mol. The summed E-state index contributed by atoms with van der Waals surface area (Å²) in [5.74, 6) is -0.987. The Morgan fingerprint density at radius 3 is 2.92 bits per heavy atom. The average molecular weight is 191 g/mol. The van der Waals surface area contributed by atoms with Crippen LogP contribution in [0.4, 0.5) is 0 Å². The molecule has 6 heteroatoms. The van der Waals surface area contributed by atoms with E-state index in [4.69, 9.17) is 21.4 Å². The van der Waals surface area contributed by atoms with Crippen LogP contribution in [-0.4, -0.2) is 27.9 Å². The molecule has 0 aromatic carbocycles. The third kappa shape index (κ3) is 1.50. The summed E-state index contributed by atoms with van der Waals surface area (Å²) in [5, 5.41) is 14.4. The smallest absolute Gasteiger partial charge is 0.358 e. The van der Waals surface area contributed by atoms with Gasteiger partial charge in [0.15, 0.2) is 5.69 Å². The Balaban J connectivity index is 2.96. The second-order valence-corrected chi connectivity index (χ2v) is 2.33. The van der Waals surface area contributed by atoms with Crippen molar-refractivity contribution in [2.24, 2.45) is 0 Å². The maximum absolute atomic E-state index is 10.4. The maximum atomic E-state index is 10.4. The molecule has 0 spiro atoms. The molecular formula is C6H7ClN2O3. The summed E-state index contributed by atoms with van der Waals surface area (Å²) in [6, 6.07) is 0. The normalized spacial score (nSPS) is 9.83. The van der Waals surface area contributed by atoms with Gasteiger partial charge in [0.05, 0.1) is 6.61 Å². The van der Waals surface area contributed by atoms with Gasteiger partial charge >= 0.3 is 5.97 Å². The molecule has 66 valence electrons. The molecule has 1 rings (SSSR count). The SMILES string of the molecule is CCOc1[nH]nc(C(=O)O)c1Cl. The number of hydrogen-bond donors (Lipinski definition) is 2. The number of halogens is 1. The van der Waals surface area contributed by atoms with Crippen molar-refractivity contribution in [1.29, 1.82) is 0 Å². The second-order valence-electron chi connectivity index (χ2n) is 1.95. The van der Waals surface area contributed by atoms with E-state index >= 15 is 0 Å². The van der Waals surface area contributed by atoms with Gasteiger partial charge in [-0.15, -0.1) is 0 Å². The van der Waals surface area contributed by atoms with Gasteiger partial charge in [0.2, 0.25) is 5.88 Å². The first-order chi connectivity index (χ1) is 5.66. The fourth-order valence-electron chi connectivity index (χ4n) is 0.694. The Bertz CT molecular complexity index is 297. The number of nitrogens with zero attached hydrogens (tertiary/aromatic N) is 1. The molecule has 0 bridgehead atoms. The van der Waals surface area contributed by atoms with E-state index in [0.29, 0.717) is 6.61 Å². The minimum absolute atomic E-state index is 0.00403. The lowest BCUT2D eigenvalue weighted by molar-refractivity contribution is 0.0690. The molecule has 0 fully saturated rings. The van der Waals surface area contributed by atoms with E-state index < -0.39 is 5.97 Å². The number of aromatic carboxylic acids is 1. The van der Waals surface area contributed by atoms with Crippen LogP contribution in [0.1, 0.15) is 17.4 Å². The van der Waals surface area contributed by atoms with Gasteiger partial charge in [0, 0.05) is 0 Å². The molecule has 1 aromatic rings. The summed E-state index contributed by atoms with van der Waals surface area (Å²) in [7, 11) is 0. The Kier molecular flexibility index (Phi) is 2.54. The van der Waals surface area contributed by atoms with Crippen LogP contribution in [0.3, 0.4) is 0 Å². The van der Waals surface area contributed by atoms with Crippen LogP contribution < -0.4 is 4.74 Å². The fourth-order valence-corrected chi connectivity index (χ4v) is 0.914. The van der Waals surface area contributed by atoms with Crippen molar-refractivity contribution >= 4 is 17.6 Å². The third-order valence-corrected chi connectivity index (χ3v) is 1.52. The standard InChI is InChI=1S/C6H7ClN2O3/c1-2-12-5-3(7)4(6(10)11)8-9-5/h2H2,1H3,(H,8,9)(H,10,11). The Labute approximate surface area is 73.3 Å². The molecule has 0 atom stereocenters. The second kappa shape index (κ2) is 3.44. The number of H-pyrrole nitrogens is 1. The molecule has 0 aliphatic heterocycles. The number of hydrogen-bond acceptors (Lipinski definition) is 3. The first-order valence-electron chi connectivity index (χ1n) is 3.26. The van der Waals surface area contributed by atoms with Crippen LogP contribution in [0.2, 0.25) is 5.02 Å². The molecule has 0 radical (unpaired) electrons. The summed E-state index contributed by atoms with van der Waals surface area (Å²) in [6.45, 7) is 2.17. The maximum Gasteiger partial charge on any atom is 0.358 e. The number of ether oxygens (including phenoxy) is 1. The Hall–Kier alpha value is -1.23. The average Bonchev–Trinajstić information content (AvgIpc) is 2.34. The minimum Gasteiger partial charge on any atom is -0.477 e.